The molecule has 1 aliphatic rings. The highest BCUT2D eigenvalue weighted by Gasteiger charge is 2.21. The number of hydrogen-bond acceptors (Lipinski definition) is 2. The van der Waals surface area contributed by atoms with E-state index in [0.717, 1.165) is 26.3 Å². The van der Waals surface area contributed by atoms with Crippen LogP contribution in [0.1, 0.15) is 5.56 Å². The van der Waals surface area contributed by atoms with E-state index in [1.165, 1.54) is 9.13 Å². The van der Waals surface area contributed by atoms with Crippen molar-refractivity contribution in [1.82, 2.24) is 4.90 Å². The molecule has 0 N–H and O–H groups in total. The van der Waals surface area contributed by atoms with Crippen LogP contribution in [-0.4, -0.2) is 36.6 Å². The van der Waals surface area contributed by atoms with Crippen molar-refractivity contribution in [3.8, 4) is 0 Å². The molecule has 0 radical (unpaired) electrons. The Kier molecular flexibility index (Phi) is 4.88. The van der Waals surface area contributed by atoms with Gasteiger partial charge in [-0.1, -0.05) is 12.1 Å². The Bertz CT molecular complexity index is 330. The van der Waals surface area contributed by atoms with E-state index in [2.05, 4.69) is 51.8 Å². The molecule has 1 unspecified atom stereocenters. The molecule has 1 fully saturated rings. The normalized spacial score (nSPS) is 22.2. The van der Waals surface area contributed by atoms with Crippen molar-refractivity contribution in [3.63, 3.8) is 0 Å². The molecule has 0 saturated carbocycles. The molecule has 1 aromatic carbocycles. The standard InChI is InChI=1S/C12H15ClINO/c13-7-12-9-16-6-5-15(12)8-10-1-3-11(14)4-2-10/h1-4,12H,5-9H2. The van der Waals surface area contributed by atoms with Gasteiger partial charge in [0.2, 0.25) is 0 Å². The van der Waals surface area contributed by atoms with Gasteiger partial charge in [-0.15, -0.1) is 11.6 Å². The summed E-state index contributed by atoms with van der Waals surface area (Å²) < 4.78 is 6.71. The molecule has 2 nitrogen and oxygen atoms in total. The van der Waals surface area contributed by atoms with Crippen molar-refractivity contribution in [2.24, 2.45) is 0 Å². The molecule has 4 heteroatoms. The molecule has 0 aromatic heterocycles. The van der Waals surface area contributed by atoms with E-state index in [-0.39, 0.29) is 0 Å². The minimum absolute atomic E-state index is 0.356. The van der Waals surface area contributed by atoms with Crippen LogP contribution in [0.25, 0.3) is 0 Å². The molecular weight excluding hydrogens is 336 g/mol. The van der Waals surface area contributed by atoms with Crippen LogP contribution >= 0.6 is 34.2 Å². The Morgan fingerprint density at radius 2 is 2.12 bits per heavy atom. The maximum absolute atomic E-state index is 5.94. The first-order chi connectivity index (χ1) is 7.79. The smallest absolute Gasteiger partial charge is 0.0634 e. The lowest BCUT2D eigenvalue weighted by Gasteiger charge is -2.34. The second kappa shape index (κ2) is 6.19. The Morgan fingerprint density at radius 3 is 2.81 bits per heavy atom. The Morgan fingerprint density at radius 1 is 1.38 bits per heavy atom. The van der Waals surface area contributed by atoms with E-state index < -0.39 is 0 Å². The first-order valence-corrected chi connectivity index (χ1v) is 7.03. The molecule has 2 rings (SSSR count). The highest BCUT2D eigenvalue weighted by atomic mass is 127. The van der Waals surface area contributed by atoms with Crippen LogP contribution in [0.15, 0.2) is 24.3 Å². The fourth-order valence-corrected chi connectivity index (χ4v) is 2.51. The maximum atomic E-state index is 5.94. The Balaban J connectivity index is 1.99. The van der Waals surface area contributed by atoms with Crippen LogP contribution in [0, 0.1) is 3.57 Å². The van der Waals surface area contributed by atoms with Crippen LogP contribution in [0.2, 0.25) is 0 Å². The maximum Gasteiger partial charge on any atom is 0.0634 e. The Labute approximate surface area is 115 Å². The van der Waals surface area contributed by atoms with Crippen LogP contribution in [0.3, 0.4) is 0 Å². The number of benzene rings is 1. The van der Waals surface area contributed by atoms with Gasteiger partial charge in [-0.3, -0.25) is 4.90 Å². The number of alkyl halides is 1. The predicted octanol–water partition coefficient (Wildman–Crippen LogP) is 2.73. The van der Waals surface area contributed by atoms with Crippen LogP contribution < -0.4 is 0 Å². The Hall–Kier alpha value is 0.160. The highest BCUT2D eigenvalue weighted by Crippen LogP contribution is 2.14. The molecule has 1 aromatic rings. The molecule has 0 amide bonds. The fraction of sp³-hybridized carbons (Fsp3) is 0.500. The van der Waals surface area contributed by atoms with E-state index in [4.69, 9.17) is 16.3 Å². The SMILES string of the molecule is ClCC1COCCN1Cc1ccc(I)cc1. The van der Waals surface area contributed by atoms with Crippen LogP contribution in [0.4, 0.5) is 0 Å². The number of ether oxygens (including phenoxy) is 1. The molecule has 0 bridgehead atoms. The van der Waals surface area contributed by atoms with E-state index >= 15 is 0 Å². The quantitative estimate of drug-likeness (QED) is 0.613. The van der Waals surface area contributed by atoms with Gasteiger partial charge in [0.25, 0.3) is 0 Å². The second-order valence-electron chi connectivity index (χ2n) is 3.98. The van der Waals surface area contributed by atoms with Crippen molar-refractivity contribution in [1.29, 1.82) is 0 Å². The predicted molar refractivity (Wildman–Crippen MR) is 74.9 cm³/mol. The zero-order valence-corrected chi connectivity index (χ0v) is 11.9. The number of hydrogen-bond donors (Lipinski definition) is 0. The van der Waals surface area contributed by atoms with Gasteiger partial charge in [-0.05, 0) is 40.3 Å². The molecule has 0 aliphatic carbocycles. The molecule has 1 heterocycles. The lowest BCUT2D eigenvalue weighted by atomic mass is 10.1. The minimum Gasteiger partial charge on any atom is -0.378 e. The number of morpholine rings is 1. The monoisotopic (exact) mass is 351 g/mol. The largest absolute Gasteiger partial charge is 0.378 e. The summed E-state index contributed by atoms with van der Waals surface area (Å²) in [5.74, 6) is 0.643. The summed E-state index contributed by atoms with van der Waals surface area (Å²) in [6, 6.07) is 9.01. The summed E-state index contributed by atoms with van der Waals surface area (Å²) in [7, 11) is 0. The van der Waals surface area contributed by atoms with Gasteiger partial charge in [-0.2, -0.15) is 0 Å². The second-order valence-corrected chi connectivity index (χ2v) is 5.53. The summed E-state index contributed by atoms with van der Waals surface area (Å²) in [4.78, 5) is 2.40. The van der Waals surface area contributed by atoms with Gasteiger partial charge in [-0.25, -0.2) is 0 Å². The van der Waals surface area contributed by atoms with Crippen molar-refractivity contribution < 1.29 is 4.74 Å². The van der Waals surface area contributed by atoms with Crippen molar-refractivity contribution in [3.05, 3.63) is 33.4 Å². The van der Waals surface area contributed by atoms with E-state index in [1.54, 1.807) is 0 Å². The van der Waals surface area contributed by atoms with Gasteiger partial charge in [0.1, 0.15) is 0 Å². The number of halogens is 2. The molecule has 1 saturated heterocycles. The minimum atomic E-state index is 0.356. The van der Waals surface area contributed by atoms with Crippen molar-refractivity contribution in [2.75, 3.05) is 25.6 Å². The average molecular weight is 352 g/mol. The van der Waals surface area contributed by atoms with Gasteiger partial charge >= 0.3 is 0 Å². The van der Waals surface area contributed by atoms with E-state index in [0.29, 0.717) is 11.9 Å². The van der Waals surface area contributed by atoms with Crippen molar-refractivity contribution in [2.45, 2.75) is 12.6 Å². The van der Waals surface area contributed by atoms with Crippen LogP contribution in [-0.2, 0) is 11.3 Å². The summed E-state index contributed by atoms with van der Waals surface area (Å²) in [6.45, 7) is 3.52. The topological polar surface area (TPSA) is 12.5 Å². The molecule has 0 spiro atoms. The van der Waals surface area contributed by atoms with Crippen molar-refractivity contribution >= 4 is 34.2 Å². The third-order valence-electron chi connectivity index (χ3n) is 2.83. The average Bonchev–Trinajstić information content (AvgIpc) is 2.33. The molecular formula is C12H15ClINO. The number of rotatable bonds is 3. The first-order valence-electron chi connectivity index (χ1n) is 5.42. The number of nitrogens with zero attached hydrogens (tertiary/aromatic N) is 1. The lowest BCUT2D eigenvalue weighted by molar-refractivity contribution is -0.00304. The first kappa shape index (κ1) is 12.6. The van der Waals surface area contributed by atoms with Gasteiger partial charge < -0.3 is 4.74 Å². The van der Waals surface area contributed by atoms with Gasteiger partial charge in [0.05, 0.1) is 13.2 Å². The zero-order valence-electron chi connectivity index (χ0n) is 9.03. The summed E-state index contributed by atoms with van der Waals surface area (Å²) in [5, 5.41) is 0. The fourth-order valence-electron chi connectivity index (χ4n) is 1.86. The summed E-state index contributed by atoms with van der Waals surface area (Å²) in [6.07, 6.45) is 0. The lowest BCUT2D eigenvalue weighted by Crippen LogP contribution is -2.45. The third-order valence-corrected chi connectivity index (χ3v) is 3.90. The zero-order chi connectivity index (χ0) is 11.4. The van der Waals surface area contributed by atoms with Gasteiger partial charge in [0, 0.05) is 28.6 Å². The molecule has 1 atom stereocenters. The molecule has 1 aliphatic heterocycles. The van der Waals surface area contributed by atoms with E-state index in [9.17, 15) is 0 Å². The third kappa shape index (κ3) is 3.32. The van der Waals surface area contributed by atoms with Crippen LogP contribution in [0.5, 0.6) is 0 Å². The van der Waals surface area contributed by atoms with Gasteiger partial charge in [0.15, 0.2) is 0 Å². The summed E-state index contributed by atoms with van der Waals surface area (Å²) >= 11 is 8.27. The summed E-state index contributed by atoms with van der Waals surface area (Å²) in [5.41, 5.74) is 1.34. The molecule has 16 heavy (non-hydrogen) atoms. The highest BCUT2D eigenvalue weighted by molar-refractivity contribution is 14.1. The molecule has 88 valence electrons. The van der Waals surface area contributed by atoms with E-state index in [1.807, 2.05) is 0 Å².